The molecule has 0 bridgehead atoms. The Morgan fingerprint density at radius 2 is 1.50 bits per heavy atom. The highest BCUT2D eigenvalue weighted by molar-refractivity contribution is 9.10. The number of halogens is 2. The van der Waals surface area contributed by atoms with Crippen molar-refractivity contribution < 1.29 is 4.57 Å². The van der Waals surface area contributed by atoms with Crippen molar-refractivity contribution in [2.45, 2.75) is 39.5 Å². The van der Waals surface area contributed by atoms with Gasteiger partial charge in [0, 0.05) is 25.7 Å². The summed E-state index contributed by atoms with van der Waals surface area (Å²) < 4.78 is 16.3. The molecule has 1 nitrogen and oxygen atoms in total. The fourth-order valence-electron chi connectivity index (χ4n) is 3.67. The second kappa shape index (κ2) is 7.48. The lowest BCUT2D eigenvalue weighted by Crippen LogP contribution is -2.18. The van der Waals surface area contributed by atoms with E-state index in [0.29, 0.717) is 5.92 Å². The van der Waals surface area contributed by atoms with Crippen molar-refractivity contribution in [2.75, 3.05) is 6.16 Å². The van der Waals surface area contributed by atoms with Crippen molar-refractivity contribution in [1.82, 2.24) is 0 Å². The summed E-state index contributed by atoms with van der Waals surface area (Å²) in [5.41, 5.74) is 2.30. The minimum atomic E-state index is -2.58. The Hall–Kier alpha value is -0.370. The standard InChI is InChI=1S/C20H23Br2OP/c1-3-5-6-14(4-2)13-24(23)19-11-15(21)7-9-17(19)18-10-8-16(22)12-20(18)24/h7-12,14H,3-6,13H2,1-2H3. The number of rotatable bonds is 6. The van der Waals surface area contributed by atoms with Gasteiger partial charge < -0.3 is 4.57 Å². The van der Waals surface area contributed by atoms with Crippen molar-refractivity contribution in [3.05, 3.63) is 45.3 Å². The Morgan fingerprint density at radius 1 is 0.958 bits per heavy atom. The van der Waals surface area contributed by atoms with Crippen LogP contribution in [0.15, 0.2) is 45.3 Å². The first kappa shape index (κ1) is 18.4. The molecule has 0 fully saturated rings. The van der Waals surface area contributed by atoms with Gasteiger partial charge in [-0.3, -0.25) is 0 Å². The first-order valence-corrected chi connectivity index (χ1v) is 12.2. The highest BCUT2D eigenvalue weighted by atomic mass is 79.9. The van der Waals surface area contributed by atoms with Gasteiger partial charge in [-0.15, -0.1) is 0 Å². The monoisotopic (exact) mass is 468 g/mol. The van der Waals surface area contributed by atoms with Gasteiger partial charge in [0.1, 0.15) is 7.14 Å². The Kier molecular flexibility index (Phi) is 5.74. The van der Waals surface area contributed by atoms with E-state index < -0.39 is 7.14 Å². The second-order valence-corrected chi connectivity index (χ2v) is 11.3. The number of benzene rings is 2. The first-order valence-electron chi connectivity index (χ1n) is 8.69. The number of fused-ring (bicyclic) bond motifs is 3. The third-order valence-corrected chi connectivity index (χ3v) is 9.36. The molecule has 1 unspecified atom stereocenters. The maximum atomic E-state index is 14.3. The maximum Gasteiger partial charge on any atom is 0.144 e. The number of hydrogen-bond donors (Lipinski definition) is 0. The molecule has 1 aliphatic rings. The van der Waals surface area contributed by atoms with Crippen LogP contribution in [0.4, 0.5) is 0 Å². The zero-order valence-electron chi connectivity index (χ0n) is 14.2. The molecule has 0 amide bonds. The average Bonchev–Trinajstić information content (AvgIpc) is 2.80. The fourth-order valence-corrected chi connectivity index (χ4v) is 8.43. The Balaban J connectivity index is 2.10. The SMILES string of the molecule is CCCCC(CC)CP1(=O)c2cc(Br)ccc2-c2ccc(Br)cc21. The van der Waals surface area contributed by atoms with Crippen LogP contribution >= 0.6 is 39.0 Å². The van der Waals surface area contributed by atoms with Gasteiger partial charge in [0.05, 0.1) is 0 Å². The van der Waals surface area contributed by atoms with E-state index in [1.807, 2.05) is 0 Å². The molecule has 1 atom stereocenters. The molecule has 2 aromatic carbocycles. The molecular weight excluding hydrogens is 447 g/mol. The summed E-state index contributed by atoms with van der Waals surface area (Å²) in [6.45, 7) is 4.45. The highest BCUT2D eigenvalue weighted by Crippen LogP contribution is 2.55. The third-order valence-electron chi connectivity index (χ3n) is 5.05. The van der Waals surface area contributed by atoms with Gasteiger partial charge in [-0.05, 0) is 41.3 Å². The molecule has 24 heavy (non-hydrogen) atoms. The largest absolute Gasteiger partial charge is 0.314 e. The van der Waals surface area contributed by atoms with Gasteiger partial charge in [-0.1, -0.05) is 83.5 Å². The van der Waals surface area contributed by atoms with Crippen LogP contribution < -0.4 is 10.6 Å². The van der Waals surface area contributed by atoms with Crippen LogP contribution in [0.25, 0.3) is 11.1 Å². The van der Waals surface area contributed by atoms with E-state index in [1.165, 1.54) is 19.3 Å². The quantitative estimate of drug-likeness (QED) is 0.429. The predicted molar refractivity (Wildman–Crippen MR) is 112 cm³/mol. The highest BCUT2D eigenvalue weighted by Gasteiger charge is 2.40. The second-order valence-electron chi connectivity index (χ2n) is 6.66. The Labute approximate surface area is 161 Å². The van der Waals surface area contributed by atoms with E-state index in [4.69, 9.17) is 0 Å². The zero-order chi connectivity index (χ0) is 17.3. The van der Waals surface area contributed by atoms with Crippen LogP contribution in [0.1, 0.15) is 39.5 Å². The van der Waals surface area contributed by atoms with E-state index in [9.17, 15) is 4.57 Å². The molecule has 128 valence electrons. The summed E-state index contributed by atoms with van der Waals surface area (Å²) in [6.07, 6.45) is 5.47. The van der Waals surface area contributed by atoms with Crippen molar-refractivity contribution in [2.24, 2.45) is 5.92 Å². The molecule has 0 radical (unpaired) electrons. The average molecular weight is 470 g/mol. The van der Waals surface area contributed by atoms with Crippen molar-refractivity contribution >= 4 is 49.6 Å². The summed E-state index contributed by atoms with van der Waals surface area (Å²) in [5, 5.41) is 2.08. The molecular formula is C20H23Br2OP. The van der Waals surface area contributed by atoms with Gasteiger partial charge in [0.15, 0.2) is 0 Å². The summed E-state index contributed by atoms with van der Waals surface area (Å²) in [4.78, 5) is 0. The molecule has 2 aromatic rings. The van der Waals surface area contributed by atoms with Crippen molar-refractivity contribution in [3.8, 4) is 11.1 Å². The predicted octanol–water partition coefficient (Wildman–Crippen LogP) is 6.72. The Bertz CT molecular complexity index is 745. The van der Waals surface area contributed by atoms with E-state index in [2.05, 4.69) is 82.1 Å². The molecule has 0 saturated carbocycles. The first-order chi connectivity index (χ1) is 11.5. The normalized spacial score (nSPS) is 15.8. The van der Waals surface area contributed by atoms with Gasteiger partial charge in [-0.2, -0.15) is 0 Å². The third kappa shape index (κ3) is 3.32. The summed E-state index contributed by atoms with van der Waals surface area (Å²) >= 11 is 7.14. The van der Waals surface area contributed by atoms with E-state index in [1.54, 1.807) is 0 Å². The van der Waals surface area contributed by atoms with Crippen molar-refractivity contribution in [1.29, 1.82) is 0 Å². The van der Waals surface area contributed by atoms with Gasteiger partial charge in [0.2, 0.25) is 0 Å². The van der Waals surface area contributed by atoms with Crippen LogP contribution in [0.5, 0.6) is 0 Å². The Morgan fingerprint density at radius 3 is 1.96 bits per heavy atom. The molecule has 4 heteroatoms. The van der Waals surface area contributed by atoms with Crippen LogP contribution in [0.3, 0.4) is 0 Å². The van der Waals surface area contributed by atoms with Crippen LogP contribution in [0.2, 0.25) is 0 Å². The molecule has 1 aliphatic heterocycles. The van der Waals surface area contributed by atoms with E-state index in [-0.39, 0.29) is 0 Å². The van der Waals surface area contributed by atoms with Crippen LogP contribution in [0, 0.1) is 5.92 Å². The molecule has 1 heterocycles. The van der Waals surface area contributed by atoms with Crippen LogP contribution in [-0.2, 0) is 4.57 Å². The maximum absolute atomic E-state index is 14.3. The van der Waals surface area contributed by atoms with Gasteiger partial charge >= 0.3 is 0 Å². The lowest BCUT2D eigenvalue weighted by Gasteiger charge is -2.22. The van der Waals surface area contributed by atoms with E-state index >= 15 is 0 Å². The van der Waals surface area contributed by atoms with E-state index in [0.717, 1.165) is 43.3 Å². The minimum absolute atomic E-state index is 0.521. The molecule has 0 N–H and O–H groups in total. The zero-order valence-corrected chi connectivity index (χ0v) is 18.3. The summed E-state index contributed by atoms with van der Waals surface area (Å²) in [5.74, 6) is 0.521. The van der Waals surface area contributed by atoms with Gasteiger partial charge in [0.25, 0.3) is 0 Å². The molecule has 0 saturated heterocycles. The minimum Gasteiger partial charge on any atom is -0.314 e. The molecule has 0 aliphatic carbocycles. The lowest BCUT2D eigenvalue weighted by molar-refractivity contribution is 0.487. The smallest absolute Gasteiger partial charge is 0.144 e. The van der Waals surface area contributed by atoms with Gasteiger partial charge in [-0.25, -0.2) is 0 Å². The van der Waals surface area contributed by atoms with Crippen LogP contribution in [-0.4, -0.2) is 6.16 Å². The molecule has 3 rings (SSSR count). The molecule has 0 aromatic heterocycles. The summed E-state index contributed by atoms with van der Waals surface area (Å²) in [6, 6.07) is 12.5. The fraction of sp³-hybridized carbons (Fsp3) is 0.400. The lowest BCUT2D eigenvalue weighted by atomic mass is 10.0. The number of unbranched alkanes of at least 4 members (excludes halogenated alkanes) is 1. The summed E-state index contributed by atoms with van der Waals surface area (Å²) in [7, 11) is -2.58. The molecule has 0 spiro atoms. The topological polar surface area (TPSA) is 17.1 Å². The number of hydrogen-bond acceptors (Lipinski definition) is 1. The van der Waals surface area contributed by atoms with Crippen molar-refractivity contribution in [3.63, 3.8) is 0 Å².